The number of ether oxygens (including phenoxy) is 1. The summed E-state index contributed by atoms with van der Waals surface area (Å²) < 4.78 is 4.36. The minimum atomic E-state index is -0.664. The highest BCUT2D eigenvalue weighted by Gasteiger charge is 2.23. The fourth-order valence-corrected chi connectivity index (χ4v) is 2.03. The minimum absolute atomic E-state index is 0. The second-order valence-corrected chi connectivity index (χ2v) is 5.65. The third kappa shape index (κ3) is 7.23. The molecule has 1 atom stereocenters. The molecule has 0 spiro atoms. The van der Waals surface area contributed by atoms with Gasteiger partial charge in [0.25, 0.3) is 0 Å². The number of amides is 1. The lowest BCUT2D eigenvalue weighted by Crippen LogP contribution is -2.37. The predicted octanol–water partition coefficient (Wildman–Crippen LogP) is 1.99. The molecule has 0 unspecified atom stereocenters. The van der Waals surface area contributed by atoms with Crippen LogP contribution in [0.15, 0.2) is 0 Å². The van der Waals surface area contributed by atoms with E-state index in [1.165, 1.54) is 11.8 Å². The highest BCUT2D eigenvalue weighted by molar-refractivity contribution is 8.13. The number of aliphatic hydroxyl groups is 1. The number of aliphatic hydroxyl groups excluding tert-OH is 1. The highest BCUT2D eigenvalue weighted by Crippen LogP contribution is 2.23. The Bertz CT molecular complexity index is 268. The second kappa shape index (κ2) is 7.55. The van der Waals surface area contributed by atoms with Crippen molar-refractivity contribution >= 4 is 23.0 Å². The molecule has 102 valence electrons. The zero-order valence-corrected chi connectivity index (χ0v) is 11.6. The van der Waals surface area contributed by atoms with Crippen molar-refractivity contribution in [3.8, 4) is 0 Å². The fourth-order valence-electron chi connectivity index (χ4n) is 0.921. The van der Waals surface area contributed by atoms with Crippen LogP contribution in [0.5, 0.6) is 0 Å². The normalized spacial score (nSPS) is 13.0. The van der Waals surface area contributed by atoms with Crippen molar-refractivity contribution in [1.82, 2.24) is 5.32 Å². The Morgan fingerprint density at radius 3 is 2.47 bits per heavy atom. The van der Waals surface area contributed by atoms with Gasteiger partial charge in [-0.2, -0.15) is 0 Å². The summed E-state index contributed by atoms with van der Waals surface area (Å²) in [7, 11) is 0. The zero-order chi connectivity index (χ0) is 13.5. The van der Waals surface area contributed by atoms with Crippen molar-refractivity contribution in [2.24, 2.45) is 5.41 Å². The molecule has 0 aliphatic rings. The van der Waals surface area contributed by atoms with Crippen LogP contribution in [0, 0.1) is 5.41 Å². The van der Waals surface area contributed by atoms with Gasteiger partial charge in [-0.3, -0.25) is 4.79 Å². The van der Waals surface area contributed by atoms with Crippen molar-refractivity contribution in [2.75, 3.05) is 12.5 Å². The van der Waals surface area contributed by atoms with Crippen molar-refractivity contribution in [1.29, 1.82) is 0 Å². The first-order valence-electron chi connectivity index (χ1n) is 5.52. The summed E-state index contributed by atoms with van der Waals surface area (Å²) in [5, 5.41) is 11.1. The first-order chi connectivity index (χ1) is 7.81. The number of hydrogen-bond acceptors (Lipinski definition) is 5. The van der Waals surface area contributed by atoms with E-state index in [1.54, 1.807) is 0 Å². The highest BCUT2D eigenvalue weighted by atomic mass is 32.2. The fraction of sp³-hybridized carbons (Fsp3) is 0.818. The molecule has 0 aromatic rings. The number of carbonyl (C=O) groups excluding carboxylic acids is 2. The average Bonchev–Trinajstić information content (AvgIpc) is 2.22. The summed E-state index contributed by atoms with van der Waals surface area (Å²) in [6, 6.07) is -0.134. The van der Waals surface area contributed by atoms with E-state index in [4.69, 9.17) is 5.11 Å². The summed E-state index contributed by atoms with van der Waals surface area (Å²) in [5.74, 6) is 0.507. The lowest BCUT2D eigenvalue weighted by molar-refractivity contribution is -0.117. The van der Waals surface area contributed by atoms with Crippen LogP contribution in [0.25, 0.3) is 0 Å². The van der Waals surface area contributed by atoms with Gasteiger partial charge in [-0.1, -0.05) is 39.5 Å². The third-order valence-corrected chi connectivity index (χ3v) is 3.48. The Morgan fingerprint density at radius 1 is 1.47 bits per heavy atom. The van der Waals surface area contributed by atoms with E-state index in [9.17, 15) is 9.59 Å². The van der Waals surface area contributed by atoms with Crippen LogP contribution in [-0.4, -0.2) is 34.9 Å². The van der Waals surface area contributed by atoms with Crippen LogP contribution in [0.2, 0.25) is 0 Å². The maximum atomic E-state index is 11.7. The molecule has 0 aromatic carbocycles. The van der Waals surface area contributed by atoms with Gasteiger partial charge in [0.2, 0.25) is 0 Å². The van der Waals surface area contributed by atoms with Crippen LogP contribution in [0.4, 0.5) is 4.79 Å². The summed E-state index contributed by atoms with van der Waals surface area (Å²) >= 11 is 1.20. The maximum Gasteiger partial charge on any atom is 0.409 e. The number of hydrogen-bond donors (Lipinski definition) is 2. The molecule has 0 radical (unpaired) electrons. The van der Waals surface area contributed by atoms with E-state index >= 15 is 0 Å². The summed E-state index contributed by atoms with van der Waals surface area (Å²) in [5.41, 5.74) is -0.380. The monoisotopic (exact) mass is 265 g/mol. The smallest absolute Gasteiger partial charge is 0.409 e. The Labute approximate surface area is 108 Å². The molecule has 0 rings (SSSR count). The lowest BCUT2D eigenvalue weighted by atomic mass is 10.00. The molecule has 0 heterocycles. The van der Waals surface area contributed by atoms with Crippen LogP contribution in [-0.2, 0) is 9.53 Å². The standard InChI is InChI=1S/C11H21NO4S.H2/c1-5-8(12-10(15)16-7-13)6-17-9(14)11(2,3)4;/h8,13H,5-7H2,1-4H3,(H,12,15);1H/t8-;/m1./s1. The molecule has 0 bridgehead atoms. The van der Waals surface area contributed by atoms with Gasteiger partial charge in [-0.05, 0) is 6.42 Å². The number of nitrogens with one attached hydrogen (secondary N) is 1. The second-order valence-electron chi connectivity index (χ2n) is 4.66. The molecule has 0 fully saturated rings. The molecular formula is C11H23NO4S. The van der Waals surface area contributed by atoms with Crippen LogP contribution >= 0.6 is 11.8 Å². The predicted molar refractivity (Wildman–Crippen MR) is 69.8 cm³/mol. The molecule has 0 saturated heterocycles. The van der Waals surface area contributed by atoms with Gasteiger partial charge < -0.3 is 15.2 Å². The summed E-state index contributed by atoms with van der Waals surface area (Å²) in [6.07, 6.45) is 0.0356. The van der Waals surface area contributed by atoms with Gasteiger partial charge in [-0.15, -0.1) is 0 Å². The molecule has 5 nitrogen and oxygen atoms in total. The lowest BCUT2D eigenvalue weighted by Gasteiger charge is -2.19. The van der Waals surface area contributed by atoms with Crippen molar-refractivity contribution in [3.63, 3.8) is 0 Å². The number of carbonyl (C=O) groups is 2. The average molecular weight is 265 g/mol. The van der Waals surface area contributed by atoms with E-state index in [-0.39, 0.29) is 18.0 Å². The number of rotatable bonds is 5. The van der Waals surface area contributed by atoms with Crippen molar-refractivity contribution < 1.29 is 20.9 Å². The van der Waals surface area contributed by atoms with Crippen molar-refractivity contribution in [3.05, 3.63) is 0 Å². The van der Waals surface area contributed by atoms with E-state index in [2.05, 4.69) is 10.1 Å². The molecule has 6 heteroatoms. The van der Waals surface area contributed by atoms with Crippen LogP contribution in [0.3, 0.4) is 0 Å². The summed E-state index contributed by atoms with van der Waals surface area (Å²) in [4.78, 5) is 22.7. The first-order valence-corrected chi connectivity index (χ1v) is 6.51. The Kier molecular flexibility index (Phi) is 7.22. The minimum Gasteiger partial charge on any atom is -0.423 e. The van der Waals surface area contributed by atoms with E-state index in [1.807, 2.05) is 27.7 Å². The molecule has 0 saturated carbocycles. The molecule has 1 amide bonds. The molecule has 17 heavy (non-hydrogen) atoms. The quantitative estimate of drug-likeness (QED) is 0.744. The molecule has 2 N–H and O–H groups in total. The first kappa shape index (κ1) is 16.2. The van der Waals surface area contributed by atoms with Crippen LogP contribution < -0.4 is 5.32 Å². The topological polar surface area (TPSA) is 75.6 Å². The van der Waals surface area contributed by atoms with E-state index < -0.39 is 12.9 Å². The summed E-state index contributed by atoms with van der Waals surface area (Å²) in [6.45, 7) is 6.84. The zero-order valence-electron chi connectivity index (χ0n) is 10.8. The van der Waals surface area contributed by atoms with E-state index in [0.717, 1.165) is 0 Å². The van der Waals surface area contributed by atoms with E-state index in [0.29, 0.717) is 12.2 Å². The van der Waals surface area contributed by atoms with Gasteiger partial charge >= 0.3 is 6.09 Å². The van der Waals surface area contributed by atoms with Crippen molar-refractivity contribution in [2.45, 2.75) is 40.2 Å². The Hall–Kier alpha value is -0.750. The molecular weight excluding hydrogens is 242 g/mol. The van der Waals surface area contributed by atoms with Gasteiger partial charge in [0, 0.05) is 18.6 Å². The molecule has 0 aliphatic heterocycles. The largest absolute Gasteiger partial charge is 0.423 e. The third-order valence-electron chi connectivity index (χ3n) is 2.04. The SMILES string of the molecule is CC[C@H](CSC(=O)C(C)(C)C)NC(=O)OCO.[HH]. The number of alkyl carbamates (subject to hydrolysis) is 1. The maximum absolute atomic E-state index is 11.7. The Balaban J connectivity index is 0. The van der Waals surface area contributed by atoms with Crippen LogP contribution in [0.1, 0.15) is 35.5 Å². The van der Waals surface area contributed by atoms with Gasteiger partial charge in [0.15, 0.2) is 11.9 Å². The molecule has 0 aliphatic carbocycles. The van der Waals surface area contributed by atoms with Gasteiger partial charge in [0.1, 0.15) is 0 Å². The Morgan fingerprint density at radius 2 is 2.06 bits per heavy atom. The van der Waals surface area contributed by atoms with Gasteiger partial charge in [-0.25, -0.2) is 4.79 Å². The molecule has 0 aromatic heterocycles. The number of thioether (sulfide) groups is 1. The van der Waals surface area contributed by atoms with Gasteiger partial charge in [0.05, 0.1) is 0 Å².